The van der Waals surface area contributed by atoms with E-state index in [0.717, 1.165) is 33.9 Å². The predicted octanol–water partition coefficient (Wildman–Crippen LogP) is 6.04. The number of nitrogens with one attached hydrogen (secondary N) is 2. The number of aromatic hydroxyl groups is 1. The van der Waals surface area contributed by atoms with E-state index in [1.165, 1.54) is 7.11 Å². The SMILES string of the molecule is COc1ccc([C@@H]2CC(=O)C3=C(C2)Nc2ccccc2N[C@@H]3c2cc(Cl)c(O)c(OC)c2)cc1. The first-order valence-electron chi connectivity index (χ1n) is 11.1. The van der Waals surface area contributed by atoms with E-state index in [1.807, 2.05) is 48.5 Å². The normalized spacial score (nSPS) is 19.3. The Labute approximate surface area is 203 Å². The van der Waals surface area contributed by atoms with E-state index in [-0.39, 0.29) is 28.2 Å². The third kappa shape index (κ3) is 3.94. The van der Waals surface area contributed by atoms with Crippen LogP contribution < -0.4 is 20.1 Å². The van der Waals surface area contributed by atoms with Crippen LogP contribution in [0.25, 0.3) is 0 Å². The maximum Gasteiger partial charge on any atom is 0.176 e. The Hall–Kier alpha value is -3.64. The van der Waals surface area contributed by atoms with Crippen LogP contribution in [0.2, 0.25) is 5.02 Å². The number of rotatable bonds is 4. The number of phenolic OH excluding ortho intramolecular Hbond substituents is 1. The fourth-order valence-electron chi connectivity index (χ4n) is 4.77. The minimum Gasteiger partial charge on any atom is -0.503 e. The van der Waals surface area contributed by atoms with E-state index < -0.39 is 6.04 Å². The fraction of sp³-hybridized carbons (Fsp3) is 0.222. The molecule has 0 aromatic heterocycles. The standard InChI is InChI=1S/C27H25ClN2O4/c1-33-18-9-7-15(8-10-18)16-12-22-25(23(31)13-16)26(30-21-6-4-3-5-20(21)29-22)17-11-19(28)27(32)24(14-17)34-2/h3-11,14,16,26,29-30,32H,12-13H2,1-2H3/t16-,26+/m0/s1. The molecule has 0 bridgehead atoms. The van der Waals surface area contributed by atoms with Gasteiger partial charge in [0.1, 0.15) is 5.75 Å². The van der Waals surface area contributed by atoms with Crippen LogP contribution in [-0.2, 0) is 4.79 Å². The summed E-state index contributed by atoms with van der Waals surface area (Å²) in [7, 11) is 3.11. The van der Waals surface area contributed by atoms with Crippen LogP contribution >= 0.6 is 11.6 Å². The second-order valence-electron chi connectivity index (χ2n) is 8.50. The summed E-state index contributed by atoms with van der Waals surface area (Å²) < 4.78 is 10.6. The van der Waals surface area contributed by atoms with Gasteiger partial charge in [-0.2, -0.15) is 0 Å². The third-order valence-corrected chi connectivity index (χ3v) is 6.79. The number of ether oxygens (including phenoxy) is 2. The van der Waals surface area contributed by atoms with Crippen molar-refractivity contribution in [1.29, 1.82) is 0 Å². The maximum atomic E-state index is 13.7. The molecule has 2 aliphatic rings. The molecule has 6 nitrogen and oxygen atoms in total. The number of Topliss-reactive ketones (excluding diaryl/α,β-unsaturated/α-hetero) is 1. The van der Waals surface area contributed by atoms with Crippen molar-refractivity contribution in [2.75, 3.05) is 24.9 Å². The number of anilines is 2. The van der Waals surface area contributed by atoms with Crippen molar-refractivity contribution >= 4 is 28.8 Å². The van der Waals surface area contributed by atoms with Crippen molar-refractivity contribution in [3.8, 4) is 17.2 Å². The van der Waals surface area contributed by atoms with Gasteiger partial charge >= 0.3 is 0 Å². The lowest BCUT2D eigenvalue weighted by Gasteiger charge is -2.30. The van der Waals surface area contributed by atoms with Gasteiger partial charge in [0, 0.05) is 17.7 Å². The number of carbonyl (C=O) groups is 1. The highest BCUT2D eigenvalue weighted by molar-refractivity contribution is 6.32. The molecule has 0 spiro atoms. The van der Waals surface area contributed by atoms with Crippen LogP contribution in [-0.4, -0.2) is 25.1 Å². The molecule has 0 saturated carbocycles. The van der Waals surface area contributed by atoms with Gasteiger partial charge in [-0.25, -0.2) is 0 Å². The summed E-state index contributed by atoms with van der Waals surface area (Å²) in [5.74, 6) is 1.03. The summed E-state index contributed by atoms with van der Waals surface area (Å²) in [6.07, 6.45) is 1.08. The molecule has 34 heavy (non-hydrogen) atoms. The number of carbonyl (C=O) groups excluding carboxylic acids is 1. The highest BCUT2D eigenvalue weighted by Gasteiger charge is 2.36. The van der Waals surface area contributed by atoms with Crippen LogP contribution in [0.4, 0.5) is 11.4 Å². The number of phenols is 1. The first-order valence-corrected chi connectivity index (χ1v) is 11.5. The minimum atomic E-state index is -0.456. The number of halogens is 1. The lowest BCUT2D eigenvalue weighted by Crippen LogP contribution is -2.27. The van der Waals surface area contributed by atoms with Crippen LogP contribution in [0.1, 0.15) is 35.9 Å². The van der Waals surface area contributed by atoms with Crippen LogP contribution in [0.15, 0.2) is 71.9 Å². The van der Waals surface area contributed by atoms with Gasteiger partial charge in [-0.15, -0.1) is 0 Å². The number of hydrogen-bond donors (Lipinski definition) is 3. The van der Waals surface area contributed by atoms with Gasteiger partial charge < -0.3 is 25.2 Å². The van der Waals surface area contributed by atoms with Crippen LogP contribution in [0.3, 0.4) is 0 Å². The van der Waals surface area contributed by atoms with Gasteiger partial charge in [-0.1, -0.05) is 35.9 Å². The zero-order valence-corrected chi connectivity index (χ0v) is 19.6. The van der Waals surface area contributed by atoms with Gasteiger partial charge in [0.15, 0.2) is 17.3 Å². The number of benzene rings is 3. The van der Waals surface area contributed by atoms with Crippen molar-refractivity contribution in [2.45, 2.75) is 24.8 Å². The maximum absolute atomic E-state index is 13.7. The van der Waals surface area contributed by atoms with Crippen LogP contribution in [0.5, 0.6) is 17.2 Å². The highest BCUT2D eigenvalue weighted by Crippen LogP contribution is 2.46. The summed E-state index contributed by atoms with van der Waals surface area (Å²) in [5, 5.41) is 17.5. The molecule has 3 N–H and O–H groups in total. The summed E-state index contributed by atoms with van der Waals surface area (Å²) >= 11 is 6.31. The topological polar surface area (TPSA) is 79.8 Å². The van der Waals surface area contributed by atoms with E-state index in [0.29, 0.717) is 18.4 Å². The zero-order chi connectivity index (χ0) is 23.8. The molecule has 1 aliphatic carbocycles. The van der Waals surface area contributed by atoms with E-state index in [4.69, 9.17) is 21.1 Å². The highest BCUT2D eigenvalue weighted by atomic mass is 35.5. The Bertz CT molecular complexity index is 1290. The average Bonchev–Trinajstić information content (AvgIpc) is 3.02. The zero-order valence-electron chi connectivity index (χ0n) is 18.9. The van der Waals surface area contributed by atoms with Crippen LogP contribution in [0, 0.1) is 0 Å². The molecule has 5 rings (SSSR count). The number of hydrogen-bond acceptors (Lipinski definition) is 6. The number of ketones is 1. The molecule has 0 saturated heterocycles. The Morgan fingerprint density at radius 1 is 0.941 bits per heavy atom. The molecule has 174 valence electrons. The Kier molecular flexibility index (Phi) is 5.84. The number of allylic oxidation sites excluding steroid dienone is 1. The Morgan fingerprint density at radius 2 is 1.68 bits per heavy atom. The number of methoxy groups -OCH3 is 2. The summed E-state index contributed by atoms with van der Waals surface area (Å²) in [5.41, 5.74) is 5.16. The molecule has 0 amide bonds. The second kappa shape index (κ2) is 8.95. The fourth-order valence-corrected chi connectivity index (χ4v) is 4.99. The lowest BCUT2D eigenvalue weighted by atomic mass is 9.78. The van der Waals surface area contributed by atoms with E-state index >= 15 is 0 Å². The van der Waals surface area contributed by atoms with Crippen molar-refractivity contribution in [3.05, 3.63) is 88.1 Å². The number of para-hydroxylation sites is 2. The van der Waals surface area contributed by atoms with E-state index in [9.17, 15) is 9.90 Å². The molecular weight excluding hydrogens is 452 g/mol. The largest absolute Gasteiger partial charge is 0.503 e. The Balaban J connectivity index is 1.61. The molecule has 7 heteroatoms. The average molecular weight is 477 g/mol. The monoisotopic (exact) mass is 476 g/mol. The molecular formula is C27H25ClN2O4. The van der Waals surface area contributed by atoms with Crippen molar-refractivity contribution in [2.24, 2.45) is 0 Å². The van der Waals surface area contributed by atoms with Crippen molar-refractivity contribution in [1.82, 2.24) is 0 Å². The predicted molar refractivity (Wildman–Crippen MR) is 133 cm³/mol. The molecule has 3 aromatic rings. The van der Waals surface area contributed by atoms with Crippen molar-refractivity contribution < 1.29 is 19.4 Å². The lowest BCUT2D eigenvalue weighted by molar-refractivity contribution is -0.116. The summed E-state index contributed by atoms with van der Waals surface area (Å²) in [6, 6.07) is 18.7. The summed E-state index contributed by atoms with van der Waals surface area (Å²) in [6.45, 7) is 0. The van der Waals surface area contributed by atoms with Gasteiger partial charge in [0.25, 0.3) is 0 Å². The van der Waals surface area contributed by atoms with Crippen molar-refractivity contribution in [3.63, 3.8) is 0 Å². The van der Waals surface area contributed by atoms with Gasteiger partial charge in [0.05, 0.1) is 36.7 Å². The third-order valence-electron chi connectivity index (χ3n) is 6.50. The van der Waals surface area contributed by atoms with E-state index in [2.05, 4.69) is 10.6 Å². The number of fused-ring (bicyclic) bond motifs is 1. The molecule has 0 unspecified atom stereocenters. The second-order valence-corrected chi connectivity index (χ2v) is 8.90. The van der Waals surface area contributed by atoms with Gasteiger partial charge in [-0.05, 0) is 59.9 Å². The molecule has 3 aromatic carbocycles. The summed E-state index contributed by atoms with van der Waals surface area (Å²) in [4.78, 5) is 13.7. The molecule has 1 heterocycles. The Morgan fingerprint density at radius 3 is 2.38 bits per heavy atom. The molecule has 1 aliphatic heterocycles. The van der Waals surface area contributed by atoms with E-state index in [1.54, 1.807) is 19.2 Å². The quantitative estimate of drug-likeness (QED) is 0.426. The first kappa shape index (κ1) is 22.2. The molecule has 0 radical (unpaired) electrons. The molecule has 2 atom stereocenters. The molecule has 0 fully saturated rings. The minimum absolute atomic E-state index is 0.0495. The van der Waals surface area contributed by atoms with Gasteiger partial charge in [0.2, 0.25) is 0 Å². The first-order chi connectivity index (χ1) is 16.5. The smallest absolute Gasteiger partial charge is 0.176 e. The van der Waals surface area contributed by atoms with Gasteiger partial charge in [-0.3, -0.25) is 4.79 Å².